The van der Waals surface area contributed by atoms with Crippen molar-refractivity contribution in [2.24, 2.45) is 0 Å². The summed E-state index contributed by atoms with van der Waals surface area (Å²) in [5.74, 6) is 0.493. The van der Waals surface area contributed by atoms with E-state index in [4.69, 9.17) is 4.74 Å². The summed E-state index contributed by atoms with van der Waals surface area (Å²) in [5.41, 5.74) is -1.60. The number of ether oxygens (including phenoxy) is 1. The van der Waals surface area contributed by atoms with Gasteiger partial charge in [-0.2, -0.15) is 5.10 Å². The summed E-state index contributed by atoms with van der Waals surface area (Å²) >= 11 is 1.81. The Morgan fingerprint density at radius 3 is 3.04 bits per heavy atom. The summed E-state index contributed by atoms with van der Waals surface area (Å²) < 4.78 is 7.51. The molecule has 0 bridgehead atoms. The van der Waals surface area contributed by atoms with Gasteiger partial charge in [0.25, 0.3) is 0 Å². The summed E-state index contributed by atoms with van der Waals surface area (Å²) in [6, 6.07) is 4.30. The Morgan fingerprint density at radius 1 is 1.39 bits per heavy atom. The topological polar surface area (TPSA) is 80.2 Å². The fourth-order valence-electron chi connectivity index (χ4n) is 3.39. The molecule has 0 radical (unpaired) electrons. The van der Waals surface area contributed by atoms with E-state index in [2.05, 4.69) is 34.2 Å². The normalized spacial score (nSPS) is 24.2. The Balaban J connectivity index is 1.53. The van der Waals surface area contributed by atoms with E-state index in [-0.39, 0.29) is 6.61 Å². The maximum absolute atomic E-state index is 12.0. The van der Waals surface area contributed by atoms with E-state index < -0.39 is 16.7 Å². The van der Waals surface area contributed by atoms with E-state index in [9.17, 15) is 9.59 Å². The monoisotopic (exact) mass is 334 g/mol. The number of nitrogens with one attached hydrogen (secondary N) is 1. The molecular weight excluding hydrogens is 316 g/mol. The molecular formula is C15H18N4O3S. The second-order valence-electron chi connectivity index (χ2n) is 6.30. The van der Waals surface area contributed by atoms with Crippen molar-refractivity contribution in [1.82, 2.24) is 19.7 Å². The van der Waals surface area contributed by atoms with Crippen molar-refractivity contribution in [3.05, 3.63) is 48.4 Å². The van der Waals surface area contributed by atoms with Gasteiger partial charge < -0.3 is 4.74 Å². The minimum atomic E-state index is -0.672. The second kappa shape index (κ2) is 5.40. The van der Waals surface area contributed by atoms with Gasteiger partial charge in [0, 0.05) is 29.4 Å². The Morgan fingerprint density at radius 2 is 2.26 bits per heavy atom. The quantitative estimate of drug-likeness (QED) is 0.808. The lowest BCUT2D eigenvalue weighted by Crippen LogP contribution is -2.51. The van der Waals surface area contributed by atoms with Crippen LogP contribution >= 0.6 is 11.3 Å². The maximum atomic E-state index is 12.0. The molecule has 1 atom stereocenters. The Bertz CT molecular complexity index is 855. The summed E-state index contributed by atoms with van der Waals surface area (Å²) in [7, 11) is 0. The van der Waals surface area contributed by atoms with Gasteiger partial charge in [0.1, 0.15) is 12.2 Å². The molecule has 0 unspecified atom stereocenters. The lowest BCUT2D eigenvalue weighted by atomic mass is 10.0. The van der Waals surface area contributed by atoms with Gasteiger partial charge >= 0.3 is 11.1 Å². The van der Waals surface area contributed by atoms with Crippen LogP contribution in [-0.2, 0) is 24.4 Å². The molecule has 4 rings (SSSR count). The molecule has 0 aliphatic carbocycles. The molecule has 0 saturated carbocycles. The number of thiophene rings is 1. The molecule has 4 heterocycles. The summed E-state index contributed by atoms with van der Waals surface area (Å²) in [6.07, 6.45) is 0.857. The van der Waals surface area contributed by atoms with Crippen LogP contribution in [0.25, 0.3) is 0 Å². The minimum Gasteiger partial charge on any atom is -0.364 e. The summed E-state index contributed by atoms with van der Waals surface area (Å²) in [6.45, 7) is 5.37. The number of aromatic nitrogens is 3. The van der Waals surface area contributed by atoms with E-state index in [0.717, 1.165) is 26.1 Å². The van der Waals surface area contributed by atoms with Gasteiger partial charge in [-0.1, -0.05) is 0 Å². The van der Waals surface area contributed by atoms with Crippen molar-refractivity contribution in [2.45, 2.75) is 38.6 Å². The zero-order chi connectivity index (χ0) is 16.0. The van der Waals surface area contributed by atoms with Crippen molar-refractivity contribution in [3.8, 4) is 0 Å². The van der Waals surface area contributed by atoms with Gasteiger partial charge in [0.2, 0.25) is 0 Å². The van der Waals surface area contributed by atoms with E-state index in [1.54, 1.807) is 0 Å². The van der Waals surface area contributed by atoms with Crippen LogP contribution in [0.15, 0.2) is 21.7 Å². The minimum absolute atomic E-state index is 0.262. The van der Waals surface area contributed by atoms with Crippen LogP contribution in [0.4, 0.5) is 0 Å². The van der Waals surface area contributed by atoms with Crippen molar-refractivity contribution in [1.29, 1.82) is 0 Å². The zero-order valence-electron chi connectivity index (χ0n) is 12.9. The van der Waals surface area contributed by atoms with Crippen molar-refractivity contribution < 1.29 is 4.74 Å². The molecule has 0 aromatic carbocycles. The molecule has 1 N–H and O–H groups in total. The summed E-state index contributed by atoms with van der Waals surface area (Å²) in [4.78, 5) is 28.5. The number of aromatic amines is 1. The molecule has 23 heavy (non-hydrogen) atoms. The average molecular weight is 334 g/mol. The molecule has 122 valence electrons. The van der Waals surface area contributed by atoms with E-state index >= 15 is 0 Å². The van der Waals surface area contributed by atoms with Gasteiger partial charge in [-0.15, -0.1) is 11.3 Å². The molecule has 2 aromatic rings. The van der Waals surface area contributed by atoms with Gasteiger partial charge in [0.15, 0.2) is 5.82 Å². The number of hydrogen-bond acceptors (Lipinski definition) is 6. The molecule has 1 saturated heterocycles. The molecule has 8 heteroatoms. The van der Waals surface area contributed by atoms with Crippen molar-refractivity contribution in [3.63, 3.8) is 0 Å². The standard InChI is InChI=1S/C15H18N4O3S/c1-10-2-3-11(23-10)6-18-5-4-15(8-18)9-19-12(7-22-15)16-17-13(20)14(19)21/h2-3H,4-9H2,1H3,(H,17,20)/t15-/m1/s1. The predicted octanol–water partition coefficient (Wildman–Crippen LogP) is 0.476. The number of H-pyrrole nitrogens is 1. The van der Waals surface area contributed by atoms with E-state index in [1.165, 1.54) is 14.3 Å². The Labute approximate surface area is 136 Å². The van der Waals surface area contributed by atoms with Gasteiger partial charge in [-0.05, 0) is 25.5 Å². The number of aryl methyl sites for hydroxylation is 1. The number of likely N-dealkylation sites (tertiary alicyclic amines) is 1. The first-order valence-electron chi connectivity index (χ1n) is 7.65. The largest absolute Gasteiger partial charge is 0.364 e. The Kier molecular flexibility index (Phi) is 3.47. The third-order valence-corrected chi connectivity index (χ3v) is 5.55. The number of rotatable bonds is 2. The third kappa shape index (κ3) is 2.66. The summed E-state index contributed by atoms with van der Waals surface area (Å²) in [5, 5.41) is 6.13. The fraction of sp³-hybridized carbons (Fsp3) is 0.533. The highest BCUT2D eigenvalue weighted by Crippen LogP contribution is 2.32. The SMILES string of the molecule is Cc1ccc(CN2CC[C@@]3(C2)Cn2c(n[nH]c(=O)c2=O)CO3)s1. The van der Waals surface area contributed by atoms with Gasteiger partial charge in [-0.25, -0.2) is 5.10 Å². The molecule has 2 aliphatic rings. The van der Waals surface area contributed by atoms with Crippen molar-refractivity contribution in [2.75, 3.05) is 13.1 Å². The van der Waals surface area contributed by atoms with E-state index in [1.807, 2.05) is 11.3 Å². The zero-order valence-corrected chi connectivity index (χ0v) is 13.7. The van der Waals surface area contributed by atoms with Crippen molar-refractivity contribution >= 4 is 11.3 Å². The van der Waals surface area contributed by atoms with Crippen LogP contribution in [0.1, 0.15) is 22.0 Å². The lowest BCUT2D eigenvalue weighted by Gasteiger charge is -2.34. The van der Waals surface area contributed by atoms with Crippen LogP contribution in [-0.4, -0.2) is 38.4 Å². The van der Waals surface area contributed by atoms with Crippen LogP contribution in [0.3, 0.4) is 0 Å². The fourth-order valence-corrected chi connectivity index (χ4v) is 4.32. The van der Waals surface area contributed by atoms with Crippen LogP contribution in [0, 0.1) is 6.92 Å². The molecule has 1 fully saturated rings. The first kappa shape index (κ1) is 14.8. The third-order valence-electron chi connectivity index (χ3n) is 4.56. The van der Waals surface area contributed by atoms with Crippen LogP contribution in [0.5, 0.6) is 0 Å². The average Bonchev–Trinajstić information content (AvgIpc) is 3.11. The Hall–Kier alpha value is -1.77. The highest BCUT2D eigenvalue weighted by Gasteiger charge is 2.43. The van der Waals surface area contributed by atoms with Crippen LogP contribution in [0.2, 0.25) is 0 Å². The number of nitrogens with zero attached hydrogens (tertiary/aromatic N) is 3. The highest BCUT2D eigenvalue weighted by atomic mass is 32.1. The maximum Gasteiger partial charge on any atom is 0.330 e. The second-order valence-corrected chi connectivity index (χ2v) is 7.68. The van der Waals surface area contributed by atoms with Gasteiger partial charge in [0.05, 0.1) is 6.54 Å². The molecule has 2 aliphatic heterocycles. The highest BCUT2D eigenvalue weighted by molar-refractivity contribution is 7.11. The molecule has 0 amide bonds. The lowest BCUT2D eigenvalue weighted by molar-refractivity contribution is -0.0853. The van der Waals surface area contributed by atoms with Gasteiger partial charge in [-0.3, -0.25) is 19.1 Å². The smallest absolute Gasteiger partial charge is 0.330 e. The van der Waals surface area contributed by atoms with Crippen LogP contribution < -0.4 is 11.1 Å². The molecule has 1 spiro atoms. The number of hydrogen-bond donors (Lipinski definition) is 1. The molecule has 7 nitrogen and oxygen atoms in total. The first-order chi connectivity index (χ1) is 11.0. The number of fused-ring (bicyclic) bond motifs is 1. The first-order valence-corrected chi connectivity index (χ1v) is 8.46. The van der Waals surface area contributed by atoms with E-state index in [0.29, 0.717) is 12.4 Å². The molecule has 2 aromatic heterocycles. The predicted molar refractivity (Wildman–Crippen MR) is 85.6 cm³/mol.